The normalized spacial score (nSPS) is 14.7. The fourth-order valence-electron chi connectivity index (χ4n) is 5.45. The molecule has 0 radical (unpaired) electrons. The van der Waals surface area contributed by atoms with Gasteiger partial charge >= 0.3 is 0 Å². The fraction of sp³-hybridized carbons (Fsp3) is 0.161. The second-order valence-corrected chi connectivity index (χ2v) is 9.48. The summed E-state index contributed by atoms with van der Waals surface area (Å²) in [5.41, 5.74) is 5.35. The Morgan fingerprint density at radius 3 is 2.00 bits per heavy atom. The molecule has 0 bridgehead atoms. The Labute approximate surface area is 204 Å². The summed E-state index contributed by atoms with van der Waals surface area (Å²) in [6.45, 7) is 2.05. The maximum absolute atomic E-state index is 5.19. The predicted molar refractivity (Wildman–Crippen MR) is 145 cm³/mol. The number of piperidine rings is 1. The third-order valence-corrected chi connectivity index (χ3v) is 7.29. The van der Waals surface area contributed by atoms with Crippen LogP contribution in [-0.4, -0.2) is 27.6 Å². The van der Waals surface area contributed by atoms with Gasteiger partial charge in [0, 0.05) is 23.4 Å². The van der Waals surface area contributed by atoms with Crippen LogP contribution in [0.4, 0.5) is 0 Å². The third kappa shape index (κ3) is 3.58. The standard InChI is InChI=1S/C31H26N4/c1-3-7-23-17-25(11-9-21(23)5-1)27-19-29-31(33-20-27)35(28-13-15-32-16-14-28)30(34-29)26-12-10-22-6-2-4-8-24(22)18-26/h1-12,17-20,28,32H,13-16H2. The van der Waals surface area contributed by atoms with Gasteiger partial charge in [0.1, 0.15) is 11.3 Å². The topological polar surface area (TPSA) is 42.7 Å². The summed E-state index contributed by atoms with van der Waals surface area (Å²) in [5, 5.41) is 8.47. The van der Waals surface area contributed by atoms with Crippen molar-refractivity contribution in [2.24, 2.45) is 0 Å². The highest BCUT2D eigenvalue weighted by Crippen LogP contribution is 2.34. The zero-order valence-corrected chi connectivity index (χ0v) is 19.5. The molecule has 6 aromatic rings. The molecule has 0 spiro atoms. The van der Waals surface area contributed by atoms with Gasteiger partial charge < -0.3 is 9.88 Å². The van der Waals surface area contributed by atoms with Gasteiger partial charge in [-0.2, -0.15) is 0 Å². The van der Waals surface area contributed by atoms with E-state index < -0.39 is 0 Å². The van der Waals surface area contributed by atoms with Gasteiger partial charge in [-0.3, -0.25) is 0 Å². The summed E-state index contributed by atoms with van der Waals surface area (Å²) in [7, 11) is 0. The minimum atomic E-state index is 0.390. The van der Waals surface area contributed by atoms with E-state index in [1.807, 2.05) is 6.20 Å². The quantitative estimate of drug-likeness (QED) is 0.313. The molecule has 7 rings (SSSR count). The summed E-state index contributed by atoms with van der Waals surface area (Å²) >= 11 is 0. The molecule has 3 heterocycles. The molecule has 35 heavy (non-hydrogen) atoms. The van der Waals surface area contributed by atoms with E-state index >= 15 is 0 Å². The van der Waals surface area contributed by atoms with Crippen LogP contribution < -0.4 is 5.32 Å². The Balaban J connectivity index is 1.40. The highest BCUT2D eigenvalue weighted by Gasteiger charge is 2.23. The third-order valence-electron chi connectivity index (χ3n) is 7.29. The number of nitrogens with zero attached hydrogens (tertiary/aromatic N) is 3. The van der Waals surface area contributed by atoms with Crippen molar-refractivity contribution in [2.45, 2.75) is 18.9 Å². The SMILES string of the molecule is c1ccc2cc(-c3cnc4c(c3)nc(-c3ccc5ccccc5c3)n4C3CCNCC3)ccc2c1. The van der Waals surface area contributed by atoms with Gasteiger partial charge in [0.2, 0.25) is 0 Å². The van der Waals surface area contributed by atoms with E-state index in [1.165, 1.54) is 27.1 Å². The molecule has 4 heteroatoms. The van der Waals surface area contributed by atoms with Gasteiger partial charge in [0.25, 0.3) is 0 Å². The summed E-state index contributed by atoms with van der Waals surface area (Å²) in [6.07, 6.45) is 4.18. The first kappa shape index (κ1) is 20.4. The first-order chi connectivity index (χ1) is 17.3. The summed E-state index contributed by atoms with van der Waals surface area (Å²) in [6, 6.07) is 32.9. The van der Waals surface area contributed by atoms with Crippen molar-refractivity contribution in [3.05, 3.63) is 97.2 Å². The molecule has 4 aromatic carbocycles. The minimum Gasteiger partial charge on any atom is -0.317 e. The molecular formula is C31H26N4. The molecule has 0 aliphatic carbocycles. The van der Waals surface area contributed by atoms with Crippen molar-refractivity contribution in [3.8, 4) is 22.5 Å². The Hall–Kier alpha value is -4.02. The number of rotatable bonds is 3. The molecule has 1 saturated heterocycles. The lowest BCUT2D eigenvalue weighted by Gasteiger charge is -2.26. The number of pyridine rings is 1. The zero-order chi connectivity index (χ0) is 23.2. The van der Waals surface area contributed by atoms with Crippen LogP contribution in [0.2, 0.25) is 0 Å². The number of hydrogen-bond donors (Lipinski definition) is 1. The van der Waals surface area contributed by atoms with Crippen LogP contribution in [0.3, 0.4) is 0 Å². The maximum atomic E-state index is 5.19. The van der Waals surface area contributed by atoms with E-state index in [-0.39, 0.29) is 0 Å². The summed E-state index contributed by atoms with van der Waals surface area (Å²) < 4.78 is 2.39. The lowest BCUT2D eigenvalue weighted by molar-refractivity contribution is 0.376. The first-order valence-corrected chi connectivity index (χ1v) is 12.4. The lowest BCUT2D eigenvalue weighted by Crippen LogP contribution is -2.29. The Morgan fingerprint density at radius 2 is 1.29 bits per heavy atom. The van der Waals surface area contributed by atoms with Crippen LogP contribution in [0.15, 0.2) is 97.2 Å². The zero-order valence-electron chi connectivity index (χ0n) is 19.5. The van der Waals surface area contributed by atoms with E-state index in [4.69, 9.17) is 9.97 Å². The van der Waals surface area contributed by atoms with Crippen molar-refractivity contribution in [3.63, 3.8) is 0 Å². The van der Waals surface area contributed by atoms with E-state index in [0.717, 1.165) is 54.0 Å². The second kappa shape index (κ2) is 8.33. The van der Waals surface area contributed by atoms with Crippen LogP contribution >= 0.6 is 0 Å². The molecule has 170 valence electrons. The van der Waals surface area contributed by atoms with Crippen LogP contribution in [0.5, 0.6) is 0 Å². The first-order valence-electron chi connectivity index (χ1n) is 12.4. The Morgan fingerprint density at radius 1 is 0.657 bits per heavy atom. The molecule has 4 nitrogen and oxygen atoms in total. The average Bonchev–Trinajstić information content (AvgIpc) is 3.32. The van der Waals surface area contributed by atoms with Crippen molar-refractivity contribution >= 4 is 32.7 Å². The van der Waals surface area contributed by atoms with Gasteiger partial charge in [-0.25, -0.2) is 9.97 Å². The molecule has 1 N–H and O–H groups in total. The number of imidazole rings is 1. The molecule has 1 aliphatic rings. The number of nitrogens with one attached hydrogen (secondary N) is 1. The highest BCUT2D eigenvalue weighted by atomic mass is 15.2. The van der Waals surface area contributed by atoms with Gasteiger partial charge in [0.15, 0.2) is 5.65 Å². The van der Waals surface area contributed by atoms with E-state index in [2.05, 4.69) is 101 Å². The minimum absolute atomic E-state index is 0.390. The smallest absolute Gasteiger partial charge is 0.160 e. The van der Waals surface area contributed by atoms with E-state index in [9.17, 15) is 0 Å². The number of aromatic nitrogens is 3. The van der Waals surface area contributed by atoms with Gasteiger partial charge in [-0.1, -0.05) is 72.8 Å². The van der Waals surface area contributed by atoms with Crippen LogP contribution in [0, 0.1) is 0 Å². The molecule has 0 atom stereocenters. The summed E-state index contributed by atoms with van der Waals surface area (Å²) in [5.74, 6) is 1.01. The van der Waals surface area contributed by atoms with E-state index in [0.29, 0.717) is 6.04 Å². The molecule has 0 unspecified atom stereocenters. The van der Waals surface area contributed by atoms with Crippen molar-refractivity contribution in [1.82, 2.24) is 19.9 Å². The number of benzene rings is 4. The van der Waals surface area contributed by atoms with Gasteiger partial charge in [-0.05, 0) is 71.2 Å². The van der Waals surface area contributed by atoms with Gasteiger partial charge in [0.05, 0.1) is 0 Å². The van der Waals surface area contributed by atoms with E-state index in [1.54, 1.807) is 0 Å². The van der Waals surface area contributed by atoms with Crippen molar-refractivity contribution in [2.75, 3.05) is 13.1 Å². The molecule has 1 fully saturated rings. The molecule has 1 aliphatic heterocycles. The predicted octanol–water partition coefficient (Wildman–Crippen LogP) is 7.00. The maximum Gasteiger partial charge on any atom is 0.160 e. The van der Waals surface area contributed by atoms with Crippen LogP contribution in [0.1, 0.15) is 18.9 Å². The molecular weight excluding hydrogens is 428 g/mol. The monoisotopic (exact) mass is 454 g/mol. The van der Waals surface area contributed by atoms with Crippen molar-refractivity contribution in [1.29, 1.82) is 0 Å². The van der Waals surface area contributed by atoms with Gasteiger partial charge in [-0.15, -0.1) is 0 Å². The highest BCUT2D eigenvalue weighted by molar-refractivity contribution is 5.90. The summed E-state index contributed by atoms with van der Waals surface area (Å²) in [4.78, 5) is 10.2. The largest absolute Gasteiger partial charge is 0.317 e. The lowest BCUT2D eigenvalue weighted by atomic mass is 10.0. The number of fused-ring (bicyclic) bond motifs is 3. The van der Waals surface area contributed by atoms with Crippen LogP contribution in [0.25, 0.3) is 55.2 Å². The van der Waals surface area contributed by atoms with Crippen LogP contribution in [-0.2, 0) is 0 Å². The second-order valence-electron chi connectivity index (χ2n) is 9.48. The molecule has 2 aromatic heterocycles. The molecule has 0 saturated carbocycles. The van der Waals surface area contributed by atoms with Crippen molar-refractivity contribution < 1.29 is 0 Å². The number of hydrogen-bond acceptors (Lipinski definition) is 3. The molecule has 0 amide bonds. The average molecular weight is 455 g/mol. The fourth-order valence-corrected chi connectivity index (χ4v) is 5.45. The Kier molecular flexibility index (Phi) is 4.85. The Bertz CT molecular complexity index is 1690.